The van der Waals surface area contributed by atoms with E-state index in [1.165, 1.54) is 42.1 Å². The van der Waals surface area contributed by atoms with Crippen molar-refractivity contribution in [2.75, 3.05) is 32.8 Å². The second-order valence-corrected chi connectivity index (χ2v) is 10.5. The molecule has 1 atom stereocenters. The van der Waals surface area contributed by atoms with Gasteiger partial charge in [-0.15, -0.1) is 0 Å². The van der Waals surface area contributed by atoms with Gasteiger partial charge in [0.15, 0.2) is 0 Å². The Balaban J connectivity index is 1.81. The van der Waals surface area contributed by atoms with Crippen LogP contribution in [-0.4, -0.2) is 50.1 Å². The number of methoxy groups -OCH3 is 2. The highest BCUT2D eigenvalue weighted by Gasteiger charge is 2.21. The number of carbonyl (C=O) groups excluding carboxylic acids is 1. The van der Waals surface area contributed by atoms with Crippen molar-refractivity contribution in [2.45, 2.75) is 45.4 Å². The lowest BCUT2D eigenvalue weighted by molar-refractivity contribution is -0.0494. The molecule has 1 heterocycles. The summed E-state index contributed by atoms with van der Waals surface area (Å²) < 4.78 is 48.3. The van der Waals surface area contributed by atoms with Crippen molar-refractivity contribution in [2.24, 2.45) is 0 Å². The average molecular weight is 594 g/mol. The van der Waals surface area contributed by atoms with Crippen LogP contribution in [0, 0.1) is 0 Å². The number of hydrazine groups is 1. The highest BCUT2D eigenvalue weighted by molar-refractivity contribution is 6.31. The van der Waals surface area contributed by atoms with Crippen molar-refractivity contribution < 1.29 is 32.5 Å². The molecule has 0 saturated carbocycles. The summed E-state index contributed by atoms with van der Waals surface area (Å²) in [6.07, 6.45) is 1.99. The maximum Gasteiger partial charge on any atom is 0.387 e. The van der Waals surface area contributed by atoms with Gasteiger partial charge in [0, 0.05) is 48.2 Å². The Morgan fingerprint density at radius 2 is 1.71 bits per heavy atom. The first-order chi connectivity index (χ1) is 19.4. The summed E-state index contributed by atoms with van der Waals surface area (Å²) in [6, 6.07) is 11.8. The molecule has 0 radical (unpaired) electrons. The minimum absolute atomic E-state index is 0.140. The first-order valence-corrected chi connectivity index (χ1v) is 13.2. The average Bonchev–Trinajstić information content (AvgIpc) is 2.91. The van der Waals surface area contributed by atoms with Crippen LogP contribution in [0.15, 0.2) is 59.5 Å². The Labute approximate surface area is 242 Å². The lowest BCUT2D eigenvalue weighted by Crippen LogP contribution is -2.35. The molecular formula is C29H34ClF2N3O6. The Morgan fingerprint density at radius 1 is 1.02 bits per heavy atom. The molecule has 0 bridgehead atoms. The number of aromatic nitrogens is 1. The van der Waals surface area contributed by atoms with Crippen molar-refractivity contribution in [3.05, 3.63) is 75.7 Å². The third kappa shape index (κ3) is 9.17. The molecule has 0 aliphatic rings. The second kappa shape index (κ2) is 14.3. The zero-order valence-corrected chi connectivity index (χ0v) is 24.3. The number of halogens is 3. The van der Waals surface area contributed by atoms with Crippen LogP contribution in [0.1, 0.15) is 43.6 Å². The summed E-state index contributed by atoms with van der Waals surface area (Å²) in [5, 5.41) is 0.278. The number of benzene rings is 2. The summed E-state index contributed by atoms with van der Waals surface area (Å²) in [4.78, 5) is 25.5. The normalized spacial score (nSPS) is 12.2. The van der Waals surface area contributed by atoms with Gasteiger partial charge >= 0.3 is 12.6 Å². The number of hydrogen-bond donors (Lipinski definition) is 2. The molecule has 2 N–H and O–H groups in total. The molecule has 0 saturated heterocycles. The molecule has 0 aliphatic carbocycles. The second-order valence-electron chi connectivity index (χ2n) is 10.0. The number of anilines is 1. The lowest BCUT2D eigenvalue weighted by Gasteiger charge is -2.23. The molecule has 0 amide bonds. The Kier molecular flexibility index (Phi) is 11.1. The summed E-state index contributed by atoms with van der Waals surface area (Å²) in [5.74, 6) is -0.294. The fraction of sp³-hybridized carbons (Fsp3) is 0.379. The summed E-state index contributed by atoms with van der Waals surface area (Å²) in [7, 11) is 2.97. The molecule has 0 fully saturated rings. The van der Waals surface area contributed by atoms with Gasteiger partial charge < -0.3 is 28.9 Å². The third-order valence-electron chi connectivity index (χ3n) is 5.85. The first-order valence-electron chi connectivity index (χ1n) is 12.8. The maximum atomic E-state index is 13.3. The predicted molar refractivity (Wildman–Crippen MR) is 153 cm³/mol. The van der Waals surface area contributed by atoms with Gasteiger partial charge in [-0.1, -0.05) is 11.6 Å². The Bertz CT molecular complexity index is 1380. The molecule has 1 aromatic heterocycles. The number of pyridine rings is 1. The zero-order chi connectivity index (χ0) is 30.2. The van der Waals surface area contributed by atoms with Crippen LogP contribution in [0.3, 0.4) is 0 Å². The van der Waals surface area contributed by atoms with Gasteiger partial charge in [-0.05, 0) is 69.7 Å². The predicted octanol–water partition coefficient (Wildman–Crippen LogP) is 5.93. The number of hydrogen-bond acceptors (Lipinski definition) is 8. The number of nitrogens with zero attached hydrogens (tertiary/aromatic N) is 1. The topological polar surface area (TPSA) is 100 Å². The van der Waals surface area contributed by atoms with E-state index in [-0.39, 0.29) is 33.7 Å². The van der Waals surface area contributed by atoms with Crippen LogP contribution >= 0.6 is 11.6 Å². The van der Waals surface area contributed by atoms with E-state index in [1.807, 2.05) is 0 Å². The Hall–Kier alpha value is -3.67. The van der Waals surface area contributed by atoms with E-state index in [9.17, 15) is 18.4 Å². The van der Waals surface area contributed by atoms with Crippen LogP contribution < -0.4 is 25.9 Å². The summed E-state index contributed by atoms with van der Waals surface area (Å²) in [5.41, 5.74) is 6.74. The molecule has 0 spiro atoms. The molecule has 41 heavy (non-hydrogen) atoms. The third-order valence-corrected chi connectivity index (χ3v) is 6.09. The molecular weight excluding hydrogens is 560 g/mol. The zero-order valence-electron chi connectivity index (χ0n) is 23.5. The van der Waals surface area contributed by atoms with Gasteiger partial charge in [0.05, 0.1) is 24.9 Å². The lowest BCUT2D eigenvalue weighted by atomic mass is 10.0. The van der Waals surface area contributed by atoms with Crippen molar-refractivity contribution in [3.8, 4) is 22.6 Å². The van der Waals surface area contributed by atoms with E-state index in [2.05, 4.69) is 15.6 Å². The summed E-state index contributed by atoms with van der Waals surface area (Å²) in [6.45, 7) is 3.01. The smallest absolute Gasteiger partial charge is 0.387 e. The van der Waals surface area contributed by atoms with Crippen LogP contribution in [0.4, 0.5) is 14.5 Å². The van der Waals surface area contributed by atoms with Crippen LogP contribution in [0.25, 0.3) is 11.1 Å². The minimum Gasteiger partial charge on any atom is -0.495 e. The minimum atomic E-state index is -3.06. The van der Waals surface area contributed by atoms with E-state index in [4.69, 9.17) is 25.8 Å². The number of carbonyl (C=O) groups is 1. The Morgan fingerprint density at radius 3 is 2.32 bits per heavy atom. The van der Waals surface area contributed by atoms with Crippen molar-refractivity contribution in [3.63, 3.8) is 0 Å². The molecule has 3 aromatic rings. The highest BCUT2D eigenvalue weighted by atomic mass is 35.5. The van der Waals surface area contributed by atoms with Crippen molar-refractivity contribution in [1.82, 2.24) is 9.99 Å². The molecule has 1 unspecified atom stereocenters. The molecule has 0 aliphatic heterocycles. The first kappa shape index (κ1) is 31.9. The summed E-state index contributed by atoms with van der Waals surface area (Å²) >= 11 is 6.12. The van der Waals surface area contributed by atoms with Crippen molar-refractivity contribution in [1.29, 1.82) is 0 Å². The van der Waals surface area contributed by atoms with E-state index in [1.54, 1.807) is 52.1 Å². The van der Waals surface area contributed by atoms with E-state index in [0.29, 0.717) is 30.8 Å². The number of rotatable bonds is 13. The van der Waals surface area contributed by atoms with Gasteiger partial charge in [0.25, 0.3) is 5.56 Å². The van der Waals surface area contributed by atoms with Crippen molar-refractivity contribution >= 4 is 23.3 Å². The fourth-order valence-electron chi connectivity index (χ4n) is 3.99. The van der Waals surface area contributed by atoms with Crippen LogP contribution in [-0.2, 0) is 9.47 Å². The van der Waals surface area contributed by atoms with E-state index < -0.39 is 23.7 Å². The van der Waals surface area contributed by atoms with E-state index in [0.717, 1.165) is 0 Å². The fourth-order valence-corrected chi connectivity index (χ4v) is 4.16. The molecule has 12 heteroatoms. The van der Waals surface area contributed by atoms with Gasteiger partial charge in [-0.2, -0.15) is 8.78 Å². The molecule has 3 rings (SSSR count). The van der Waals surface area contributed by atoms with Gasteiger partial charge in [0.2, 0.25) is 0 Å². The number of esters is 1. The highest BCUT2D eigenvalue weighted by Crippen LogP contribution is 2.38. The number of alkyl halides is 2. The quantitative estimate of drug-likeness (QED) is 0.186. The molecule has 2 aromatic carbocycles. The van der Waals surface area contributed by atoms with Gasteiger partial charge in [-0.25, -0.2) is 10.2 Å². The van der Waals surface area contributed by atoms with Gasteiger partial charge in [0.1, 0.15) is 17.1 Å². The standard InChI is InChI=1S/C29H34ClF2N3O6/c1-29(2,3)41-27(37)18-6-9-20(10-7-18)34-33-16-21(12-13-38-4)35-17-25(39-5)23(15-26(35)36)22-14-19(30)8-11-24(22)40-28(31)32/h6-11,14-15,17,21,28,33-34H,12-13,16H2,1-5H3. The molecule has 9 nitrogen and oxygen atoms in total. The van der Waals surface area contributed by atoms with Gasteiger partial charge in [-0.3, -0.25) is 4.79 Å². The molecule has 222 valence electrons. The van der Waals surface area contributed by atoms with E-state index >= 15 is 0 Å². The number of nitrogens with one attached hydrogen (secondary N) is 2. The maximum absolute atomic E-state index is 13.3. The van der Waals surface area contributed by atoms with Crippen LogP contribution in [0.2, 0.25) is 5.02 Å². The monoisotopic (exact) mass is 593 g/mol. The number of ether oxygens (including phenoxy) is 4. The largest absolute Gasteiger partial charge is 0.495 e. The van der Waals surface area contributed by atoms with Crippen LogP contribution in [0.5, 0.6) is 11.5 Å². The SMILES string of the molecule is COCCC(CNNc1ccc(C(=O)OC(C)(C)C)cc1)n1cc(OC)c(-c2cc(Cl)ccc2OC(F)F)cc1=O.